The van der Waals surface area contributed by atoms with Gasteiger partial charge in [0.15, 0.2) is 24.0 Å². The highest BCUT2D eigenvalue weighted by atomic mass is 17.3. The first kappa shape index (κ1) is 28.4. The minimum absolute atomic E-state index is 0.0935. The maximum atomic E-state index is 12.6. The summed E-state index contributed by atoms with van der Waals surface area (Å²) in [6, 6.07) is 14.7. The van der Waals surface area contributed by atoms with Crippen LogP contribution in [0.1, 0.15) is 62.4 Å². The number of ether oxygens (including phenoxy) is 5. The number of methoxy groups -OCH3 is 1. The number of carbonyl (C=O) groups is 1. The largest absolute Gasteiger partial charge is 0.496 e. The third-order valence-corrected chi connectivity index (χ3v) is 9.42. The molecule has 2 aromatic rings. The third kappa shape index (κ3) is 5.32. The third-order valence-electron chi connectivity index (χ3n) is 9.42. The van der Waals surface area contributed by atoms with Crippen LogP contribution in [0.5, 0.6) is 11.5 Å². The van der Waals surface area contributed by atoms with Gasteiger partial charge in [-0.25, -0.2) is 9.78 Å². The summed E-state index contributed by atoms with van der Waals surface area (Å²) in [6.07, 6.45) is 6.33. The van der Waals surface area contributed by atoms with Gasteiger partial charge in [0.05, 0.1) is 13.7 Å². The van der Waals surface area contributed by atoms with Gasteiger partial charge in [-0.1, -0.05) is 32.0 Å². The molecule has 8 heteroatoms. The van der Waals surface area contributed by atoms with E-state index in [1.54, 1.807) is 43.5 Å². The number of benzene rings is 2. The van der Waals surface area contributed by atoms with Crippen molar-refractivity contribution in [3.8, 4) is 11.5 Å². The van der Waals surface area contributed by atoms with E-state index < -0.39 is 24.0 Å². The maximum Gasteiger partial charge on any atom is 0.201 e. The summed E-state index contributed by atoms with van der Waals surface area (Å²) < 4.78 is 30.3. The fourth-order valence-corrected chi connectivity index (χ4v) is 7.17. The van der Waals surface area contributed by atoms with Crippen LogP contribution in [-0.2, 0) is 24.0 Å². The normalized spacial score (nSPS) is 36.0. The second-order valence-electron chi connectivity index (χ2n) is 12.0. The highest BCUT2D eigenvalue weighted by Crippen LogP contribution is 2.60. The van der Waals surface area contributed by atoms with Crippen LogP contribution in [-0.4, -0.2) is 50.1 Å². The Kier molecular flexibility index (Phi) is 7.96. The molecular formula is C33H40O8. The van der Waals surface area contributed by atoms with E-state index in [9.17, 15) is 4.79 Å². The SMILES string of the molecule is COc1ccccc1/C=C/C(=O)c1ccc(OCCO[C@H]2O[C@@H]3O[C@]4(C)CC[C@H]5[C@H](C)CC[C@@H]([C@H]2C)[C@@]35OO4)cc1. The molecule has 2 aromatic carbocycles. The van der Waals surface area contributed by atoms with Gasteiger partial charge < -0.3 is 23.7 Å². The Morgan fingerprint density at radius 3 is 2.61 bits per heavy atom. The van der Waals surface area contributed by atoms with Crippen LogP contribution in [0.2, 0.25) is 0 Å². The van der Waals surface area contributed by atoms with Crippen molar-refractivity contribution in [3.63, 3.8) is 0 Å². The number of hydrogen-bond acceptors (Lipinski definition) is 8. The Labute approximate surface area is 241 Å². The van der Waals surface area contributed by atoms with Crippen molar-refractivity contribution >= 4 is 11.9 Å². The Bertz CT molecular complexity index is 1260. The van der Waals surface area contributed by atoms with Gasteiger partial charge in [-0.2, -0.15) is 0 Å². The molecule has 4 heterocycles. The number of hydrogen-bond donors (Lipinski definition) is 0. The van der Waals surface area contributed by atoms with E-state index in [1.165, 1.54) is 0 Å². The Morgan fingerprint density at radius 1 is 1.00 bits per heavy atom. The molecule has 0 amide bonds. The zero-order chi connectivity index (χ0) is 28.6. The predicted octanol–water partition coefficient (Wildman–Crippen LogP) is 6.19. The topological polar surface area (TPSA) is 81.7 Å². The molecule has 1 saturated carbocycles. The highest BCUT2D eigenvalue weighted by Gasteiger charge is 2.69. The molecule has 8 atom stereocenters. The molecule has 7 rings (SSSR count). The molecule has 2 bridgehead atoms. The average Bonchev–Trinajstić information content (AvgIpc) is 3.22. The van der Waals surface area contributed by atoms with E-state index in [4.69, 9.17) is 33.5 Å². The van der Waals surface area contributed by atoms with Crippen molar-refractivity contribution in [2.24, 2.45) is 23.7 Å². The van der Waals surface area contributed by atoms with Crippen LogP contribution >= 0.6 is 0 Å². The second kappa shape index (κ2) is 11.5. The molecule has 4 aliphatic heterocycles. The van der Waals surface area contributed by atoms with Crippen molar-refractivity contribution in [3.05, 3.63) is 65.7 Å². The van der Waals surface area contributed by atoms with E-state index in [0.717, 1.165) is 37.0 Å². The summed E-state index contributed by atoms with van der Waals surface area (Å²) in [5.41, 5.74) is 0.835. The van der Waals surface area contributed by atoms with Gasteiger partial charge in [0.1, 0.15) is 18.1 Å². The fraction of sp³-hybridized carbons (Fsp3) is 0.545. The van der Waals surface area contributed by atoms with Crippen LogP contribution in [0.3, 0.4) is 0 Å². The number of para-hydroxylation sites is 1. The average molecular weight is 565 g/mol. The summed E-state index contributed by atoms with van der Waals surface area (Å²) in [7, 11) is 1.61. The molecule has 0 unspecified atom stereocenters. The minimum Gasteiger partial charge on any atom is -0.496 e. The van der Waals surface area contributed by atoms with Crippen molar-refractivity contribution in [1.29, 1.82) is 0 Å². The molecule has 41 heavy (non-hydrogen) atoms. The fourth-order valence-electron chi connectivity index (χ4n) is 7.17. The van der Waals surface area contributed by atoms with Crippen LogP contribution < -0.4 is 9.47 Å². The monoisotopic (exact) mass is 564 g/mol. The summed E-state index contributed by atoms with van der Waals surface area (Å²) in [6.45, 7) is 7.12. The zero-order valence-corrected chi connectivity index (χ0v) is 24.2. The smallest absolute Gasteiger partial charge is 0.201 e. The number of allylic oxidation sites excluding steroid dienone is 1. The van der Waals surface area contributed by atoms with E-state index in [1.807, 2.05) is 31.2 Å². The molecule has 220 valence electrons. The number of carbonyl (C=O) groups excluding carboxylic acids is 1. The second-order valence-corrected chi connectivity index (χ2v) is 12.0. The quantitative estimate of drug-likeness (QED) is 0.154. The van der Waals surface area contributed by atoms with Crippen molar-refractivity contribution < 1.29 is 38.3 Å². The Balaban J connectivity index is 1.03. The number of rotatable bonds is 9. The van der Waals surface area contributed by atoms with Gasteiger partial charge in [-0.05, 0) is 80.5 Å². The van der Waals surface area contributed by atoms with Crippen molar-refractivity contribution in [2.75, 3.05) is 20.3 Å². The van der Waals surface area contributed by atoms with E-state index in [2.05, 4.69) is 13.8 Å². The summed E-state index contributed by atoms with van der Waals surface area (Å²) in [4.78, 5) is 24.7. The molecule has 1 aliphatic carbocycles. The molecule has 0 aromatic heterocycles. The van der Waals surface area contributed by atoms with Crippen LogP contribution in [0.25, 0.3) is 6.08 Å². The molecule has 8 nitrogen and oxygen atoms in total. The van der Waals surface area contributed by atoms with Gasteiger partial charge in [0.2, 0.25) is 5.79 Å². The van der Waals surface area contributed by atoms with Gasteiger partial charge in [-0.15, -0.1) is 0 Å². The van der Waals surface area contributed by atoms with Crippen LogP contribution in [0, 0.1) is 23.7 Å². The lowest BCUT2D eigenvalue weighted by atomic mass is 9.58. The van der Waals surface area contributed by atoms with Gasteiger partial charge in [0.25, 0.3) is 0 Å². The Morgan fingerprint density at radius 2 is 1.80 bits per heavy atom. The lowest BCUT2D eigenvalue weighted by molar-refractivity contribution is -0.577. The standard InChI is InChI=1S/C33H40O8/c1-21-9-15-27-22(2)30(38-31-33(27)26(21)17-18-32(3,39-31)40-41-33)37-20-19-36-25-13-10-23(11-14-25)28(34)16-12-24-7-5-6-8-29(24)35-4/h5-8,10-14,16,21-22,26-27,30-31H,9,15,17-20H2,1-4H3/b16-12+/t21-,22-,26+,27+,30+,31-,32+,33-/m1/s1. The zero-order valence-electron chi connectivity index (χ0n) is 24.2. The highest BCUT2D eigenvalue weighted by molar-refractivity contribution is 6.07. The molecule has 1 spiro atoms. The lowest BCUT2D eigenvalue weighted by Crippen LogP contribution is -2.70. The molecular weight excluding hydrogens is 524 g/mol. The van der Waals surface area contributed by atoms with E-state index in [0.29, 0.717) is 36.4 Å². The lowest BCUT2D eigenvalue weighted by Gasteiger charge is -2.60. The molecule has 5 aliphatic rings. The van der Waals surface area contributed by atoms with Crippen molar-refractivity contribution in [2.45, 2.75) is 70.4 Å². The van der Waals surface area contributed by atoms with Crippen LogP contribution in [0.15, 0.2) is 54.6 Å². The van der Waals surface area contributed by atoms with Crippen LogP contribution in [0.4, 0.5) is 0 Å². The predicted molar refractivity (Wildman–Crippen MR) is 151 cm³/mol. The molecule has 0 radical (unpaired) electrons. The molecule has 5 fully saturated rings. The first-order chi connectivity index (χ1) is 19.8. The maximum absolute atomic E-state index is 12.6. The molecule has 0 N–H and O–H groups in total. The van der Waals surface area contributed by atoms with Gasteiger partial charge in [-0.3, -0.25) is 4.79 Å². The summed E-state index contributed by atoms with van der Waals surface area (Å²) >= 11 is 0. The Hall–Kier alpha value is -2.75. The van der Waals surface area contributed by atoms with Gasteiger partial charge in [0, 0.05) is 29.4 Å². The summed E-state index contributed by atoms with van der Waals surface area (Å²) in [5, 5.41) is 0. The number of ketones is 1. The van der Waals surface area contributed by atoms with Gasteiger partial charge >= 0.3 is 0 Å². The first-order valence-corrected chi connectivity index (χ1v) is 14.7. The molecule has 4 saturated heterocycles. The summed E-state index contributed by atoms with van der Waals surface area (Å²) in [5.74, 6) is 1.68. The van der Waals surface area contributed by atoms with E-state index >= 15 is 0 Å². The van der Waals surface area contributed by atoms with E-state index in [-0.39, 0.29) is 17.6 Å². The van der Waals surface area contributed by atoms with Crippen molar-refractivity contribution in [1.82, 2.24) is 0 Å². The first-order valence-electron chi connectivity index (χ1n) is 14.7. The minimum atomic E-state index is -0.802. The number of fused-ring (bicyclic) bond motifs is 2.